The molecule has 1 saturated carbocycles. The molecule has 1 aliphatic carbocycles. The van der Waals surface area contributed by atoms with Gasteiger partial charge in [-0.25, -0.2) is 18.6 Å². The molecule has 2 aliphatic rings. The minimum atomic E-state index is -2.49. The van der Waals surface area contributed by atoms with Gasteiger partial charge in [-0.05, 0) is 25.0 Å². The molecule has 6 nitrogen and oxygen atoms in total. The van der Waals surface area contributed by atoms with Crippen molar-refractivity contribution in [2.45, 2.75) is 39.2 Å². The molecule has 150 valence electrons. The predicted octanol–water partition coefficient (Wildman–Crippen LogP) is 3.16. The third-order valence-electron chi connectivity index (χ3n) is 5.54. The zero-order chi connectivity index (χ0) is 19.9. The van der Waals surface area contributed by atoms with E-state index in [2.05, 4.69) is 12.0 Å². The molecule has 1 saturated heterocycles. The van der Waals surface area contributed by atoms with Gasteiger partial charge in [0, 0.05) is 25.0 Å². The molecule has 0 amide bonds. The van der Waals surface area contributed by atoms with Crippen molar-refractivity contribution in [1.82, 2.24) is 14.8 Å². The lowest BCUT2D eigenvalue weighted by atomic mass is 10.1. The predicted molar refractivity (Wildman–Crippen MR) is 99.7 cm³/mol. The maximum absolute atomic E-state index is 13.5. The van der Waals surface area contributed by atoms with Crippen LogP contribution in [0.1, 0.15) is 41.9 Å². The van der Waals surface area contributed by atoms with Crippen LogP contribution in [-0.2, 0) is 17.7 Å². The Morgan fingerprint density at radius 1 is 1.29 bits per heavy atom. The van der Waals surface area contributed by atoms with Crippen molar-refractivity contribution in [3.8, 4) is 0 Å². The number of nitrogens with zero attached hydrogens (tertiary/aromatic N) is 4. The summed E-state index contributed by atoms with van der Waals surface area (Å²) in [7, 11) is 0. The molecule has 0 spiro atoms. The third kappa shape index (κ3) is 3.36. The van der Waals surface area contributed by atoms with Gasteiger partial charge in [-0.15, -0.1) is 0 Å². The number of halogens is 2. The van der Waals surface area contributed by atoms with Gasteiger partial charge in [-0.2, -0.15) is 5.10 Å². The smallest absolute Gasteiger partial charge is 0.341 e. The molecule has 2 atom stereocenters. The highest BCUT2D eigenvalue weighted by Crippen LogP contribution is 2.59. The number of piperidine rings is 1. The van der Waals surface area contributed by atoms with E-state index in [1.807, 2.05) is 17.0 Å². The summed E-state index contributed by atoms with van der Waals surface area (Å²) in [5.41, 5.74) is 2.38. The SMILES string of the molecule is CCCc1nc(N2CC3C(C2)C3(F)F)ccc1Cn1cc(C(=O)OCC)cn1. The van der Waals surface area contributed by atoms with E-state index in [1.54, 1.807) is 17.8 Å². The van der Waals surface area contributed by atoms with Crippen molar-refractivity contribution in [1.29, 1.82) is 0 Å². The average molecular weight is 390 g/mol. The summed E-state index contributed by atoms with van der Waals surface area (Å²) in [5.74, 6) is -3.15. The van der Waals surface area contributed by atoms with E-state index in [4.69, 9.17) is 9.72 Å². The minimum Gasteiger partial charge on any atom is -0.462 e. The Morgan fingerprint density at radius 3 is 2.71 bits per heavy atom. The van der Waals surface area contributed by atoms with Gasteiger partial charge in [0.1, 0.15) is 5.82 Å². The van der Waals surface area contributed by atoms with Gasteiger partial charge in [0.2, 0.25) is 0 Å². The Morgan fingerprint density at radius 2 is 2.04 bits per heavy atom. The number of alkyl halides is 2. The number of rotatable bonds is 7. The Hall–Kier alpha value is -2.51. The molecule has 1 aliphatic heterocycles. The highest BCUT2D eigenvalue weighted by atomic mass is 19.3. The van der Waals surface area contributed by atoms with E-state index in [0.29, 0.717) is 31.8 Å². The molecule has 8 heteroatoms. The highest BCUT2D eigenvalue weighted by Gasteiger charge is 2.71. The summed E-state index contributed by atoms with van der Waals surface area (Å²) >= 11 is 0. The van der Waals surface area contributed by atoms with Crippen LogP contribution in [0, 0.1) is 11.8 Å². The summed E-state index contributed by atoms with van der Waals surface area (Å²) in [5, 5.41) is 4.24. The van der Waals surface area contributed by atoms with Gasteiger partial charge in [-0.3, -0.25) is 4.68 Å². The van der Waals surface area contributed by atoms with Crippen LogP contribution in [0.25, 0.3) is 0 Å². The minimum absolute atomic E-state index is 0.320. The monoisotopic (exact) mass is 390 g/mol. The fraction of sp³-hybridized carbons (Fsp3) is 0.550. The first-order chi connectivity index (χ1) is 13.4. The second-order valence-corrected chi connectivity index (χ2v) is 7.46. The zero-order valence-corrected chi connectivity index (χ0v) is 16.1. The van der Waals surface area contributed by atoms with E-state index in [9.17, 15) is 13.6 Å². The molecule has 28 heavy (non-hydrogen) atoms. The van der Waals surface area contributed by atoms with Crippen LogP contribution in [0.3, 0.4) is 0 Å². The number of anilines is 1. The van der Waals surface area contributed by atoms with Crippen LogP contribution in [0.2, 0.25) is 0 Å². The molecular weight excluding hydrogens is 366 g/mol. The molecule has 0 N–H and O–H groups in total. The normalized spacial score (nSPS) is 22.2. The van der Waals surface area contributed by atoms with E-state index >= 15 is 0 Å². The molecule has 0 radical (unpaired) electrons. The second kappa shape index (κ2) is 7.14. The molecule has 2 fully saturated rings. The molecule has 3 heterocycles. The second-order valence-electron chi connectivity index (χ2n) is 7.46. The van der Waals surface area contributed by atoms with Gasteiger partial charge < -0.3 is 9.64 Å². The van der Waals surface area contributed by atoms with Crippen molar-refractivity contribution < 1.29 is 18.3 Å². The zero-order valence-electron chi connectivity index (χ0n) is 16.1. The number of aromatic nitrogens is 3. The number of pyridine rings is 1. The number of ether oxygens (including phenoxy) is 1. The summed E-state index contributed by atoms with van der Waals surface area (Å²) in [6.07, 6.45) is 4.89. The maximum Gasteiger partial charge on any atom is 0.341 e. The van der Waals surface area contributed by atoms with Crippen molar-refractivity contribution in [2.24, 2.45) is 11.8 Å². The Bertz CT molecular complexity index is 869. The number of esters is 1. The molecule has 2 unspecified atom stereocenters. The molecular formula is C20H24F2N4O2. The molecule has 4 rings (SSSR count). The number of carbonyl (C=O) groups excluding carboxylic acids is 1. The first kappa shape index (κ1) is 18.8. The van der Waals surface area contributed by atoms with E-state index in [1.165, 1.54) is 6.20 Å². The van der Waals surface area contributed by atoms with E-state index < -0.39 is 17.8 Å². The van der Waals surface area contributed by atoms with Gasteiger partial charge in [0.15, 0.2) is 0 Å². The van der Waals surface area contributed by atoms with Crippen LogP contribution >= 0.6 is 0 Å². The molecule has 0 aromatic carbocycles. The summed E-state index contributed by atoms with van der Waals surface area (Å²) < 4.78 is 33.6. The fourth-order valence-electron chi connectivity index (χ4n) is 3.93. The fourth-order valence-corrected chi connectivity index (χ4v) is 3.93. The van der Waals surface area contributed by atoms with Gasteiger partial charge in [0.25, 0.3) is 5.92 Å². The highest BCUT2D eigenvalue weighted by molar-refractivity contribution is 5.88. The van der Waals surface area contributed by atoms with Crippen molar-refractivity contribution in [3.05, 3.63) is 41.3 Å². The summed E-state index contributed by atoms with van der Waals surface area (Å²) in [6, 6.07) is 3.88. The first-order valence-electron chi connectivity index (χ1n) is 9.75. The van der Waals surface area contributed by atoms with Crippen molar-refractivity contribution in [3.63, 3.8) is 0 Å². The molecule has 2 aromatic rings. The van der Waals surface area contributed by atoms with Gasteiger partial charge in [0.05, 0.1) is 36.7 Å². The first-order valence-corrected chi connectivity index (χ1v) is 9.75. The Kier molecular flexibility index (Phi) is 4.81. The number of fused-ring (bicyclic) bond motifs is 1. The lowest BCUT2D eigenvalue weighted by molar-refractivity contribution is 0.0526. The van der Waals surface area contributed by atoms with Crippen molar-refractivity contribution in [2.75, 3.05) is 24.6 Å². The Balaban J connectivity index is 1.49. The van der Waals surface area contributed by atoms with Gasteiger partial charge >= 0.3 is 5.97 Å². The molecule has 2 aromatic heterocycles. The standard InChI is InChI=1S/C20H24F2N4O2/c1-3-5-17-13(9-26-10-14(8-23-26)19(27)28-4-2)6-7-18(24-17)25-11-15-16(12-25)20(15,21)22/h6-8,10,15-16H,3-5,9,11-12H2,1-2H3. The number of aryl methyl sites for hydroxylation is 1. The van der Waals surface area contributed by atoms with Crippen LogP contribution in [0.5, 0.6) is 0 Å². The van der Waals surface area contributed by atoms with E-state index in [0.717, 1.165) is 29.9 Å². The summed E-state index contributed by atoms with van der Waals surface area (Å²) in [6.45, 7) is 5.40. The topological polar surface area (TPSA) is 60.2 Å². The van der Waals surface area contributed by atoms with Crippen LogP contribution in [-0.4, -0.2) is 46.4 Å². The summed E-state index contributed by atoms with van der Waals surface area (Å²) in [4.78, 5) is 18.5. The van der Waals surface area contributed by atoms with Crippen LogP contribution < -0.4 is 4.90 Å². The molecule has 0 bridgehead atoms. The quantitative estimate of drug-likeness (QED) is 0.680. The number of carbonyl (C=O) groups is 1. The Labute approximate surface area is 162 Å². The lowest BCUT2D eigenvalue weighted by Gasteiger charge is -2.22. The van der Waals surface area contributed by atoms with Gasteiger partial charge in [-0.1, -0.05) is 19.4 Å². The van der Waals surface area contributed by atoms with Crippen LogP contribution in [0.15, 0.2) is 24.5 Å². The largest absolute Gasteiger partial charge is 0.462 e. The van der Waals surface area contributed by atoms with Crippen molar-refractivity contribution >= 4 is 11.8 Å². The average Bonchev–Trinajstić information content (AvgIpc) is 3.13. The van der Waals surface area contributed by atoms with E-state index in [-0.39, 0.29) is 5.97 Å². The number of hydrogen-bond acceptors (Lipinski definition) is 5. The third-order valence-corrected chi connectivity index (χ3v) is 5.54. The maximum atomic E-state index is 13.5. The number of hydrogen-bond donors (Lipinski definition) is 0. The lowest BCUT2D eigenvalue weighted by Crippen LogP contribution is -2.28. The van der Waals surface area contributed by atoms with Crippen LogP contribution in [0.4, 0.5) is 14.6 Å².